The number of nitrogens with two attached hydrogens (primary N) is 2. The zero-order valence-electron chi connectivity index (χ0n) is 25.2. The van der Waals surface area contributed by atoms with Crippen LogP contribution in [0.25, 0.3) is 43.4 Å². The maximum absolute atomic E-state index is 6.09. The molecule has 8 aromatic rings. The number of pyridine rings is 4. The lowest BCUT2D eigenvalue weighted by molar-refractivity contribution is -0.662. The summed E-state index contributed by atoms with van der Waals surface area (Å²) >= 11 is 10.5. The molecule has 8 rings (SSSR count). The topological polar surface area (TPSA) is 94.6 Å². The molecule has 0 atom stereocenters. The second kappa shape index (κ2) is 15.0. The largest absolute Gasteiger partial charge is 0.398 e. The third-order valence-corrected chi connectivity index (χ3v) is 9.61. The fraction of sp³-hybridized carbons (Fsp3) is 0.0526. The van der Waals surface area contributed by atoms with Crippen LogP contribution in [-0.2, 0) is 11.9 Å². The van der Waals surface area contributed by atoms with E-state index in [2.05, 4.69) is 116 Å². The zero-order valence-corrected chi connectivity index (χ0v) is 30.0. The molecule has 0 amide bonds. The first-order chi connectivity index (χ1) is 22.9. The SMILES string of the molecule is BrCc1ccc2cncc(Br)c2c1.Nc1cc[n+](Cc2ccc3cncc(Br)c3c2)c2ccccc12.Nc1ccnc2ccccc12. The first kappa shape index (κ1) is 32.5. The molecule has 0 bridgehead atoms. The van der Waals surface area contributed by atoms with E-state index < -0.39 is 0 Å². The van der Waals surface area contributed by atoms with E-state index in [0.717, 1.165) is 59.4 Å². The van der Waals surface area contributed by atoms with Gasteiger partial charge in [0.2, 0.25) is 5.52 Å². The molecular weight excluding hydrogens is 780 g/mol. The number of hydrogen-bond donors (Lipinski definition) is 2. The van der Waals surface area contributed by atoms with Gasteiger partial charge in [0, 0.05) is 84.8 Å². The molecule has 4 aromatic heterocycles. The summed E-state index contributed by atoms with van der Waals surface area (Å²) < 4.78 is 4.29. The molecule has 0 radical (unpaired) electrons. The number of fused-ring (bicyclic) bond motifs is 4. The summed E-state index contributed by atoms with van der Waals surface area (Å²) in [4.78, 5) is 12.5. The van der Waals surface area contributed by atoms with E-state index in [0.29, 0.717) is 0 Å². The molecule has 6 nitrogen and oxygen atoms in total. The summed E-state index contributed by atoms with van der Waals surface area (Å²) in [6.07, 6.45) is 11.2. The standard InChI is InChI=1S/C19H14BrN3.C10H7Br2N.C9H8N2/c20-17-11-22-10-14-6-5-13(9-16(14)17)12-23-8-7-18(21)15-3-1-2-4-19(15)23;11-4-7-1-2-8-5-13-6-10(12)9(8)3-7;10-8-5-6-11-9-4-2-1-3-7(8)9/h1-11,21H,12H2;1-3,5-6H,4H2;1-6H,(H2,10,11)/p+1. The highest BCUT2D eigenvalue weighted by Crippen LogP contribution is 2.25. The van der Waals surface area contributed by atoms with Crippen LogP contribution in [0.15, 0.2) is 143 Å². The van der Waals surface area contributed by atoms with Crippen molar-refractivity contribution in [1.82, 2.24) is 15.0 Å². The van der Waals surface area contributed by atoms with E-state index in [1.54, 1.807) is 6.20 Å². The Balaban J connectivity index is 0.000000136. The van der Waals surface area contributed by atoms with Gasteiger partial charge < -0.3 is 11.5 Å². The van der Waals surface area contributed by atoms with Gasteiger partial charge in [-0.15, -0.1) is 0 Å². The maximum Gasteiger partial charge on any atom is 0.214 e. The normalized spacial score (nSPS) is 10.8. The lowest BCUT2D eigenvalue weighted by Crippen LogP contribution is -2.34. The Morgan fingerprint density at radius 2 is 1.19 bits per heavy atom. The van der Waals surface area contributed by atoms with Crippen LogP contribution in [0.3, 0.4) is 0 Å². The van der Waals surface area contributed by atoms with Crippen LogP contribution >= 0.6 is 47.8 Å². The summed E-state index contributed by atoms with van der Waals surface area (Å²) in [6, 6.07) is 32.6. The molecule has 0 unspecified atom stereocenters. The second-order valence-corrected chi connectivity index (χ2v) is 13.1. The summed E-state index contributed by atoms with van der Waals surface area (Å²) in [5, 5.41) is 7.69. The van der Waals surface area contributed by atoms with Crippen molar-refractivity contribution < 1.29 is 4.57 Å². The highest BCUT2D eigenvalue weighted by molar-refractivity contribution is 9.11. The molecule has 0 saturated heterocycles. The van der Waals surface area contributed by atoms with Crippen LogP contribution in [0.5, 0.6) is 0 Å². The number of nitrogens with zero attached hydrogens (tertiary/aromatic N) is 4. The van der Waals surface area contributed by atoms with Crippen molar-refractivity contribution in [2.75, 3.05) is 11.5 Å². The third-order valence-electron chi connectivity index (χ3n) is 7.70. The zero-order chi connectivity index (χ0) is 32.8. The van der Waals surface area contributed by atoms with Gasteiger partial charge in [0.1, 0.15) is 0 Å². The van der Waals surface area contributed by atoms with E-state index in [9.17, 15) is 0 Å². The van der Waals surface area contributed by atoms with Crippen molar-refractivity contribution in [2.45, 2.75) is 11.9 Å². The number of alkyl halides is 1. The van der Waals surface area contributed by atoms with Crippen molar-refractivity contribution in [3.05, 3.63) is 154 Å². The maximum atomic E-state index is 6.09. The average molecular weight is 810 g/mol. The van der Waals surface area contributed by atoms with Crippen LogP contribution in [0.2, 0.25) is 0 Å². The summed E-state index contributed by atoms with van der Waals surface area (Å²) in [5.74, 6) is 0. The van der Waals surface area contributed by atoms with E-state index >= 15 is 0 Å². The minimum atomic E-state index is 0.788. The molecule has 0 fully saturated rings. The van der Waals surface area contributed by atoms with E-state index in [1.807, 2.05) is 79.5 Å². The Kier molecular flexibility index (Phi) is 10.4. The Labute approximate surface area is 297 Å². The van der Waals surface area contributed by atoms with Crippen LogP contribution in [0, 0.1) is 0 Å². The Hall–Kier alpha value is -4.44. The third kappa shape index (κ3) is 7.59. The van der Waals surface area contributed by atoms with Crippen LogP contribution < -0.4 is 16.0 Å². The van der Waals surface area contributed by atoms with Crippen LogP contribution in [0.1, 0.15) is 11.1 Å². The number of benzene rings is 4. The first-order valence-electron chi connectivity index (χ1n) is 14.8. The van der Waals surface area contributed by atoms with Gasteiger partial charge in [-0.25, -0.2) is 0 Å². The molecule has 9 heteroatoms. The van der Waals surface area contributed by atoms with E-state index in [4.69, 9.17) is 11.5 Å². The van der Waals surface area contributed by atoms with Crippen LogP contribution in [0.4, 0.5) is 11.4 Å². The smallest absolute Gasteiger partial charge is 0.214 e. The lowest BCUT2D eigenvalue weighted by Gasteiger charge is -2.06. The number of halogens is 3. The summed E-state index contributed by atoms with van der Waals surface area (Å²) in [6.45, 7) is 0.797. The number of anilines is 2. The van der Waals surface area contributed by atoms with Gasteiger partial charge in [0.05, 0.1) is 16.6 Å². The molecule has 4 N–H and O–H groups in total. The van der Waals surface area contributed by atoms with Crippen LogP contribution in [-0.4, -0.2) is 15.0 Å². The minimum absolute atomic E-state index is 0.788. The highest BCUT2D eigenvalue weighted by atomic mass is 79.9. The van der Waals surface area contributed by atoms with Crippen molar-refractivity contribution in [1.29, 1.82) is 0 Å². The first-order valence-corrected chi connectivity index (χ1v) is 17.5. The predicted molar refractivity (Wildman–Crippen MR) is 205 cm³/mol. The Morgan fingerprint density at radius 3 is 1.87 bits per heavy atom. The van der Waals surface area contributed by atoms with Crippen molar-refractivity contribution in [3.63, 3.8) is 0 Å². The number of para-hydroxylation sites is 2. The monoisotopic (exact) mass is 807 g/mol. The van der Waals surface area contributed by atoms with Gasteiger partial charge in [-0.3, -0.25) is 15.0 Å². The van der Waals surface area contributed by atoms with Gasteiger partial charge in [-0.2, -0.15) is 4.57 Å². The number of hydrogen-bond acceptors (Lipinski definition) is 5. The molecule has 0 aliphatic carbocycles. The molecular formula is C38H30Br3N6+. The van der Waals surface area contributed by atoms with E-state index in [1.165, 1.54) is 27.3 Å². The number of rotatable bonds is 3. The average Bonchev–Trinajstić information content (AvgIpc) is 3.11. The summed E-state index contributed by atoms with van der Waals surface area (Å²) in [5.41, 5.74) is 18.0. The van der Waals surface area contributed by atoms with Crippen molar-refractivity contribution in [2.24, 2.45) is 0 Å². The fourth-order valence-corrected chi connectivity index (χ4v) is 6.57. The molecule has 0 aliphatic rings. The molecule has 4 aromatic carbocycles. The second-order valence-electron chi connectivity index (χ2n) is 10.8. The van der Waals surface area contributed by atoms with Crippen molar-refractivity contribution in [3.8, 4) is 0 Å². The fourth-order valence-electron chi connectivity index (χ4n) is 5.29. The molecule has 232 valence electrons. The molecule has 0 spiro atoms. The van der Waals surface area contributed by atoms with Gasteiger partial charge in [0.15, 0.2) is 12.7 Å². The lowest BCUT2D eigenvalue weighted by atomic mass is 10.1. The number of nitrogen functional groups attached to an aromatic ring is 2. The predicted octanol–water partition coefficient (Wildman–Crippen LogP) is 9.78. The van der Waals surface area contributed by atoms with Gasteiger partial charge in [0.25, 0.3) is 0 Å². The molecule has 4 heterocycles. The van der Waals surface area contributed by atoms with Gasteiger partial charge in [-0.05, 0) is 78.5 Å². The Morgan fingerprint density at radius 1 is 0.596 bits per heavy atom. The Bertz CT molecular complexity index is 2340. The summed E-state index contributed by atoms with van der Waals surface area (Å²) in [7, 11) is 0. The van der Waals surface area contributed by atoms with E-state index in [-0.39, 0.29) is 0 Å². The molecule has 47 heavy (non-hydrogen) atoms. The number of aromatic nitrogens is 4. The molecule has 0 saturated carbocycles. The van der Waals surface area contributed by atoms with Gasteiger partial charge in [-0.1, -0.05) is 70.5 Å². The molecule has 0 aliphatic heterocycles. The highest BCUT2D eigenvalue weighted by Gasteiger charge is 2.12. The van der Waals surface area contributed by atoms with Crippen molar-refractivity contribution >= 4 is 103 Å². The minimum Gasteiger partial charge on any atom is -0.398 e. The van der Waals surface area contributed by atoms with Gasteiger partial charge >= 0.3 is 0 Å². The quantitative estimate of drug-likeness (QED) is 0.137.